The van der Waals surface area contributed by atoms with E-state index in [4.69, 9.17) is 4.42 Å². The van der Waals surface area contributed by atoms with Gasteiger partial charge in [0.15, 0.2) is 0 Å². The number of halogens is 3. The lowest BCUT2D eigenvalue weighted by atomic mass is 9.91. The molecule has 1 aromatic heterocycles. The molecular weight excluding hydrogens is 541 g/mol. The van der Waals surface area contributed by atoms with Gasteiger partial charge in [-0.1, -0.05) is 30.3 Å². The molecule has 0 unspecified atom stereocenters. The normalized spacial score (nSPS) is 16.0. The van der Waals surface area contributed by atoms with Gasteiger partial charge in [-0.2, -0.15) is 13.2 Å². The first-order valence-corrected chi connectivity index (χ1v) is 14.2. The first-order valence-electron chi connectivity index (χ1n) is 12.7. The van der Waals surface area contributed by atoms with Gasteiger partial charge in [0.05, 0.1) is 16.0 Å². The molecule has 0 atom stereocenters. The van der Waals surface area contributed by atoms with Crippen molar-refractivity contribution in [2.45, 2.75) is 36.8 Å². The zero-order chi connectivity index (χ0) is 28.1. The van der Waals surface area contributed by atoms with E-state index in [1.807, 2.05) is 30.3 Å². The number of hydrogen-bond acceptors (Lipinski definition) is 4. The lowest BCUT2D eigenvalue weighted by molar-refractivity contribution is -0.137. The van der Waals surface area contributed by atoms with Crippen LogP contribution in [-0.2, 0) is 33.8 Å². The molecule has 6 rings (SSSR count). The molecule has 2 heterocycles. The topological polar surface area (TPSA) is 88.4 Å². The number of hydrogen-bond donors (Lipinski definition) is 2. The molecule has 0 fully saturated rings. The van der Waals surface area contributed by atoms with Gasteiger partial charge in [-0.15, -0.1) is 0 Å². The fourth-order valence-corrected chi connectivity index (χ4v) is 6.24. The van der Waals surface area contributed by atoms with Crippen LogP contribution in [0.25, 0.3) is 22.8 Å². The predicted molar refractivity (Wildman–Crippen MR) is 146 cm³/mol. The summed E-state index contributed by atoms with van der Waals surface area (Å²) < 4.78 is 73.5. The van der Waals surface area contributed by atoms with E-state index in [0.717, 1.165) is 72.4 Å². The molecule has 10 heteroatoms. The Morgan fingerprint density at radius 2 is 1.65 bits per heavy atom. The molecule has 2 aliphatic rings. The Morgan fingerprint density at radius 1 is 0.925 bits per heavy atom. The van der Waals surface area contributed by atoms with E-state index in [2.05, 4.69) is 10.0 Å². The van der Waals surface area contributed by atoms with E-state index < -0.39 is 27.7 Å². The smallest absolute Gasteiger partial charge is 0.416 e. The molecule has 0 bridgehead atoms. The highest BCUT2D eigenvalue weighted by atomic mass is 32.2. The molecular formula is C30H23F3N2O4S. The van der Waals surface area contributed by atoms with Crippen molar-refractivity contribution in [1.82, 2.24) is 0 Å². The van der Waals surface area contributed by atoms with E-state index in [9.17, 15) is 26.4 Å². The summed E-state index contributed by atoms with van der Waals surface area (Å²) in [6.07, 6.45) is 0.848. The summed E-state index contributed by atoms with van der Waals surface area (Å²) in [6, 6.07) is 17.7. The van der Waals surface area contributed by atoms with Gasteiger partial charge in [-0.25, -0.2) is 8.42 Å². The second-order valence-corrected chi connectivity index (χ2v) is 11.4. The van der Waals surface area contributed by atoms with Crippen LogP contribution in [-0.4, -0.2) is 14.3 Å². The minimum absolute atomic E-state index is 0.0212. The van der Waals surface area contributed by atoms with Crippen molar-refractivity contribution in [3.63, 3.8) is 0 Å². The maximum Gasteiger partial charge on any atom is 0.416 e. The Labute approximate surface area is 228 Å². The van der Waals surface area contributed by atoms with Gasteiger partial charge >= 0.3 is 6.18 Å². The maximum atomic E-state index is 13.1. The summed E-state index contributed by atoms with van der Waals surface area (Å²) in [6.45, 7) is 0. The molecule has 1 aliphatic heterocycles. The number of benzene rings is 3. The largest absolute Gasteiger partial charge is 0.461 e. The average molecular weight is 565 g/mol. The standard InChI is InChI=1S/C30H23F3N2O4S/c31-30(32,33)19-10-12-20(13-11-19)35-40(37,38)21-14-15-25-23(16-21)24(29(36)34-25)17-27-28(18-6-2-1-3-7-18)22-8-4-5-9-26(22)39-27/h1-3,6-7,10-17,35H,4-5,8-9H2,(H,34,36). The van der Waals surface area contributed by atoms with Crippen molar-refractivity contribution in [3.05, 3.63) is 101 Å². The van der Waals surface area contributed by atoms with Crippen LogP contribution >= 0.6 is 0 Å². The molecule has 3 aromatic carbocycles. The molecule has 4 aromatic rings. The number of nitrogens with one attached hydrogen (secondary N) is 2. The third-order valence-electron chi connectivity index (χ3n) is 7.09. The monoisotopic (exact) mass is 564 g/mol. The molecule has 0 radical (unpaired) electrons. The van der Waals surface area contributed by atoms with Crippen LogP contribution in [0.15, 0.2) is 82.1 Å². The number of rotatable bonds is 5. The third-order valence-corrected chi connectivity index (χ3v) is 8.46. The Hall–Kier alpha value is -4.31. The molecule has 6 nitrogen and oxygen atoms in total. The molecule has 2 N–H and O–H groups in total. The van der Waals surface area contributed by atoms with Gasteiger partial charge in [-0.05, 0) is 73.4 Å². The zero-order valence-corrected chi connectivity index (χ0v) is 21.8. The van der Waals surface area contributed by atoms with Crippen molar-refractivity contribution in [3.8, 4) is 11.1 Å². The van der Waals surface area contributed by atoms with Crippen LogP contribution in [0, 0.1) is 0 Å². The molecule has 204 valence electrons. The van der Waals surface area contributed by atoms with E-state index in [1.165, 1.54) is 18.2 Å². The highest BCUT2D eigenvalue weighted by molar-refractivity contribution is 7.92. The van der Waals surface area contributed by atoms with Crippen molar-refractivity contribution in [1.29, 1.82) is 0 Å². The Kier molecular flexibility index (Phi) is 6.29. The number of aryl methyl sites for hydroxylation is 1. The van der Waals surface area contributed by atoms with Crippen LogP contribution < -0.4 is 10.0 Å². The van der Waals surface area contributed by atoms with Crippen LogP contribution in [0.3, 0.4) is 0 Å². The summed E-state index contributed by atoms with van der Waals surface area (Å²) in [5.41, 5.74) is 3.20. The number of anilines is 2. The molecule has 0 saturated carbocycles. The number of alkyl halides is 3. The molecule has 1 aliphatic carbocycles. The Bertz CT molecular complexity index is 1760. The average Bonchev–Trinajstić information content (AvgIpc) is 3.45. The van der Waals surface area contributed by atoms with Crippen molar-refractivity contribution >= 4 is 39.0 Å². The quantitative estimate of drug-likeness (QED) is 0.252. The minimum Gasteiger partial charge on any atom is -0.461 e. The number of fused-ring (bicyclic) bond motifs is 2. The van der Waals surface area contributed by atoms with Gasteiger partial charge < -0.3 is 9.73 Å². The van der Waals surface area contributed by atoms with Crippen LogP contribution in [0.4, 0.5) is 24.5 Å². The van der Waals surface area contributed by atoms with E-state index >= 15 is 0 Å². The first kappa shape index (κ1) is 25.9. The SMILES string of the molecule is O=C1Nc2ccc(S(=O)(=O)Nc3ccc(C(F)(F)F)cc3)cc2C1=Cc1oc2c(c1-c1ccccc1)CCCC2. The van der Waals surface area contributed by atoms with E-state index in [1.54, 1.807) is 6.08 Å². The molecule has 40 heavy (non-hydrogen) atoms. The predicted octanol–water partition coefficient (Wildman–Crippen LogP) is 7.14. The highest BCUT2D eigenvalue weighted by Gasteiger charge is 2.31. The fourth-order valence-electron chi connectivity index (χ4n) is 5.16. The Morgan fingerprint density at radius 3 is 2.38 bits per heavy atom. The van der Waals surface area contributed by atoms with Crippen molar-refractivity contribution in [2.75, 3.05) is 10.0 Å². The zero-order valence-electron chi connectivity index (χ0n) is 21.0. The second kappa shape index (κ2) is 9.71. The summed E-state index contributed by atoms with van der Waals surface area (Å²) >= 11 is 0. The lowest BCUT2D eigenvalue weighted by Gasteiger charge is -2.11. The lowest BCUT2D eigenvalue weighted by Crippen LogP contribution is -2.13. The van der Waals surface area contributed by atoms with Gasteiger partial charge in [0.2, 0.25) is 0 Å². The molecule has 0 spiro atoms. The van der Waals surface area contributed by atoms with Crippen LogP contribution in [0.5, 0.6) is 0 Å². The van der Waals surface area contributed by atoms with Gasteiger partial charge in [0.1, 0.15) is 11.5 Å². The number of carbonyl (C=O) groups excluding carboxylic acids is 1. The van der Waals surface area contributed by atoms with Crippen molar-refractivity contribution in [2.24, 2.45) is 0 Å². The number of sulfonamides is 1. The number of carbonyl (C=O) groups is 1. The van der Waals surface area contributed by atoms with Crippen LogP contribution in [0.2, 0.25) is 0 Å². The molecule has 0 saturated heterocycles. The van der Waals surface area contributed by atoms with Gasteiger partial charge in [0, 0.05) is 34.5 Å². The van der Waals surface area contributed by atoms with Gasteiger partial charge in [0.25, 0.3) is 15.9 Å². The highest BCUT2D eigenvalue weighted by Crippen LogP contribution is 2.41. The molecule has 1 amide bonds. The summed E-state index contributed by atoms with van der Waals surface area (Å²) in [5.74, 6) is 1.04. The first-order chi connectivity index (χ1) is 19.1. The third kappa shape index (κ3) is 4.79. The van der Waals surface area contributed by atoms with Gasteiger partial charge in [-0.3, -0.25) is 9.52 Å². The summed E-state index contributed by atoms with van der Waals surface area (Å²) in [7, 11) is -4.17. The minimum atomic E-state index is -4.53. The van der Waals surface area contributed by atoms with E-state index in [0.29, 0.717) is 17.0 Å². The second-order valence-electron chi connectivity index (χ2n) is 9.72. The van der Waals surface area contributed by atoms with Crippen molar-refractivity contribution < 1.29 is 30.8 Å². The number of amides is 1. The van der Waals surface area contributed by atoms with E-state index in [-0.39, 0.29) is 16.2 Å². The maximum absolute atomic E-state index is 13.1. The number of furan rings is 1. The summed E-state index contributed by atoms with van der Waals surface area (Å²) in [4.78, 5) is 12.9. The summed E-state index contributed by atoms with van der Waals surface area (Å²) in [5, 5.41) is 2.77. The Balaban J connectivity index is 1.38. The van der Waals surface area contributed by atoms with Crippen LogP contribution in [0.1, 0.15) is 41.1 Å². The fraction of sp³-hybridized carbons (Fsp3) is 0.167.